The molecule has 1 aliphatic heterocycles. The van der Waals surface area contributed by atoms with Crippen molar-refractivity contribution in [2.24, 2.45) is 0 Å². The van der Waals surface area contributed by atoms with Gasteiger partial charge in [-0.05, 0) is 42.7 Å². The van der Waals surface area contributed by atoms with E-state index in [9.17, 15) is 9.18 Å². The van der Waals surface area contributed by atoms with Gasteiger partial charge in [-0.2, -0.15) is 5.10 Å². The van der Waals surface area contributed by atoms with Crippen LogP contribution in [0.5, 0.6) is 5.75 Å². The first kappa shape index (κ1) is 25.3. The zero-order valence-corrected chi connectivity index (χ0v) is 21.8. The lowest BCUT2D eigenvalue weighted by Gasteiger charge is -2.29. The van der Waals surface area contributed by atoms with Crippen molar-refractivity contribution >= 4 is 6.03 Å². The van der Waals surface area contributed by atoms with Crippen LogP contribution in [0.3, 0.4) is 0 Å². The number of amides is 2. The Bertz CT molecular complexity index is 1220. The number of benzene rings is 2. The summed E-state index contributed by atoms with van der Waals surface area (Å²) in [7, 11) is 3.51. The molecule has 1 aromatic heterocycles. The molecule has 7 nitrogen and oxygen atoms in total. The van der Waals surface area contributed by atoms with E-state index >= 15 is 0 Å². The molecule has 0 unspecified atom stereocenters. The van der Waals surface area contributed by atoms with Crippen molar-refractivity contribution in [3.8, 4) is 11.4 Å². The predicted octanol–water partition coefficient (Wildman–Crippen LogP) is 5.05. The highest BCUT2D eigenvalue weighted by Crippen LogP contribution is 2.30. The Hall–Kier alpha value is -3.39. The van der Waals surface area contributed by atoms with Gasteiger partial charge in [0.15, 0.2) is 0 Å². The predicted molar refractivity (Wildman–Crippen MR) is 141 cm³/mol. The highest BCUT2D eigenvalue weighted by molar-refractivity contribution is 5.74. The molecule has 8 heteroatoms. The molecule has 2 heterocycles. The van der Waals surface area contributed by atoms with Crippen molar-refractivity contribution < 1.29 is 13.9 Å². The van der Waals surface area contributed by atoms with Gasteiger partial charge in [0.05, 0.1) is 25.0 Å². The number of rotatable bonds is 7. The Morgan fingerprint density at radius 1 is 1.14 bits per heavy atom. The molecule has 1 aliphatic carbocycles. The van der Waals surface area contributed by atoms with Crippen LogP contribution in [0.25, 0.3) is 5.69 Å². The molecule has 0 saturated heterocycles. The van der Waals surface area contributed by atoms with Gasteiger partial charge in [-0.1, -0.05) is 43.5 Å². The van der Waals surface area contributed by atoms with Crippen molar-refractivity contribution in [2.45, 2.75) is 64.2 Å². The minimum absolute atomic E-state index is 0.0496. The van der Waals surface area contributed by atoms with Gasteiger partial charge in [-0.25, -0.2) is 13.9 Å². The molecule has 1 N–H and O–H groups in total. The molecule has 0 atom stereocenters. The summed E-state index contributed by atoms with van der Waals surface area (Å²) < 4.78 is 21.0. The summed E-state index contributed by atoms with van der Waals surface area (Å²) in [6, 6.07) is 14.8. The normalized spacial score (nSPS) is 16.3. The Morgan fingerprint density at radius 2 is 1.89 bits per heavy atom. The number of nitrogens with one attached hydrogen (secondary N) is 1. The van der Waals surface area contributed by atoms with E-state index < -0.39 is 0 Å². The lowest BCUT2D eigenvalue weighted by molar-refractivity contribution is 0.197. The topological polar surface area (TPSA) is 62.6 Å². The van der Waals surface area contributed by atoms with E-state index in [1.807, 2.05) is 48.1 Å². The van der Waals surface area contributed by atoms with E-state index in [1.54, 1.807) is 12.0 Å². The number of carbonyl (C=O) groups is 1. The Morgan fingerprint density at radius 3 is 2.65 bits per heavy atom. The summed E-state index contributed by atoms with van der Waals surface area (Å²) in [6.45, 7) is 2.74. The molecule has 2 aromatic carbocycles. The standard InChI is InChI=1S/C29H36FN5O2/c1-33(29(36)31-23-8-4-3-5-9-23)20-25-24-19-34(18-21-12-14-22(30)15-13-21)17-16-26(24)35(32-25)27-10-6-7-11-28(27)37-2/h6-7,10-15,23H,3-5,8-9,16-20H2,1-2H3,(H,31,36). The third-order valence-corrected chi connectivity index (χ3v) is 7.52. The van der Waals surface area contributed by atoms with Gasteiger partial charge < -0.3 is 15.0 Å². The molecule has 37 heavy (non-hydrogen) atoms. The average molecular weight is 506 g/mol. The fraction of sp³-hybridized carbons (Fsp3) is 0.448. The third-order valence-electron chi connectivity index (χ3n) is 7.52. The largest absolute Gasteiger partial charge is 0.494 e. The number of nitrogens with zero attached hydrogens (tertiary/aromatic N) is 4. The molecule has 0 bridgehead atoms. The Balaban J connectivity index is 1.40. The van der Waals surface area contributed by atoms with Crippen LogP contribution in [0.15, 0.2) is 48.5 Å². The molecular weight excluding hydrogens is 469 g/mol. The summed E-state index contributed by atoms with van der Waals surface area (Å²) in [5.41, 5.74) is 5.17. The van der Waals surface area contributed by atoms with E-state index in [0.29, 0.717) is 6.54 Å². The molecule has 1 fully saturated rings. The molecule has 2 aliphatic rings. The molecule has 196 valence electrons. The van der Waals surface area contributed by atoms with E-state index in [-0.39, 0.29) is 17.9 Å². The van der Waals surface area contributed by atoms with Crippen LogP contribution in [-0.2, 0) is 26.1 Å². The van der Waals surface area contributed by atoms with Crippen molar-refractivity contribution in [3.05, 3.63) is 76.9 Å². The lowest BCUT2D eigenvalue weighted by Crippen LogP contribution is -2.43. The maximum atomic E-state index is 13.4. The number of fused-ring (bicyclic) bond motifs is 1. The fourth-order valence-corrected chi connectivity index (χ4v) is 5.48. The number of ether oxygens (including phenoxy) is 1. The van der Waals surface area contributed by atoms with Gasteiger partial charge in [0.25, 0.3) is 0 Å². The fourth-order valence-electron chi connectivity index (χ4n) is 5.48. The SMILES string of the molecule is COc1ccccc1-n1nc(CN(C)C(=O)NC2CCCCC2)c2c1CCN(Cc1ccc(F)cc1)C2. The quantitative estimate of drug-likeness (QED) is 0.488. The maximum Gasteiger partial charge on any atom is 0.317 e. The minimum atomic E-state index is -0.223. The van der Waals surface area contributed by atoms with Crippen molar-refractivity contribution in [1.29, 1.82) is 0 Å². The van der Waals surface area contributed by atoms with Crippen LogP contribution < -0.4 is 10.1 Å². The molecule has 0 radical (unpaired) electrons. The van der Waals surface area contributed by atoms with E-state index in [2.05, 4.69) is 10.2 Å². The third kappa shape index (κ3) is 5.80. The van der Waals surface area contributed by atoms with E-state index in [0.717, 1.165) is 72.8 Å². The van der Waals surface area contributed by atoms with Crippen LogP contribution >= 0.6 is 0 Å². The number of urea groups is 1. The molecular formula is C29H36FN5O2. The first-order valence-corrected chi connectivity index (χ1v) is 13.2. The number of hydrogen-bond donors (Lipinski definition) is 1. The van der Waals surface area contributed by atoms with Gasteiger partial charge in [-0.15, -0.1) is 0 Å². The monoisotopic (exact) mass is 505 g/mol. The zero-order valence-electron chi connectivity index (χ0n) is 21.8. The lowest BCUT2D eigenvalue weighted by atomic mass is 9.96. The Labute approximate surface area is 218 Å². The van der Waals surface area contributed by atoms with Crippen LogP contribution in [0.1, 0.15) is 54.6 Å². The summed E-state index contributed by atoms with van der Waals surface area (Å²) in [5, 5.41) is 8.24. The first-order chi connectivity index (χ1) is 18.0. The second kappa shape index (κ2) is 11.3. The van der Waals surface area contributed by atoms with Crippen LogP contribution in [0.2, 0.25) is 0 Å². The van der Waals surface area contributed by atoms with Gasteiger partial charge >= 0.3 is 6.03 Å². The number of methoxy groups -OCH3 is 1. The first-order valence-electron chi connectivity index (χ1n) is 13.2. The average Bonchev–Trinajstić information content (AvgIpc) is 3.27. The second-order valence-electron chi connectivity index (χ2n) is 10.2. The number of para-hydroxylation sites is 2. The molecule has 0 spiro atoms. The molecule has 1 saturated carbocycles. The Kier molecular flexibility index (Phi) is 7.74. The van der Waals surface area contributed by atoms with E-state index in [4.69, 9.17) is 9.84 Å². The number of carbonyl (C=O) groups excluding carboxylic acids is 1. The number of aromatic nitrogens is 2. The van der Waals surface area contributed by atoms with Gasteiger partial charge in [0.1, 0.15) is 17.3 Å². The summed E-state index contributed by atoms with van der Waals surface area (Å²) in [4.78, 5) is 17.1. The van der Waals surface area contributed by atoms with Crippen molar-refractivity contribution in [3.63, 3.8) is 0 Å². The van der Waals surface area contributed by atoms with Crippen LogP contribution in [-0.4, -0.2) is 52.4 Å². The molecule has 3 aromatic rings. The number of halogens is 1. The van der Waals surface area contributed by atoms with Gasteiger partial charge in [-0.3, -0.25) is 4.90 Å². The van der Waals surface area contributed by atoms with Gasteiger partial charge in [0, 0.05) is 44.7 Å². The number of hydrogen-bond acceptors (Lipinski definition) is 4. The van der Waals surface area contributed by atoms with Crippen LogP contribution in [0.4, 0.5) is 9.18 Å². The highest BCUT2D eigenvalue weighted by Gasteiger charge is 2.28. The smallest absolute Gasteiger partial charge is 0.317 e. The summed E-state index contributed by atoms with van der Waals surface area (Å²) in [6.07, 6.45) is 6.53. The second-order valence-corrected chi connectivity index (χ2v) is 10.2. The molecule has 5 rings (SSSR count). The molecule has 2 amide bonds. The summed E-state index contributed by atoms with van der Waals surface area (Å²) >= 11 is 0. The van der Waals surface area contributed by atoms with E-state index in [1.165, 1.54) is 31.4 Å². The zero-order chi connectivity index (χ0) is 25.8. The van der Waals surface area contributed by atoms with Crippen LogP contribution in [0, 0.1) is 5.82 Å². The highest BCUT2D eigenvalue weighted by atomic mass is 19.1. The summed E-state index contributed by atoms with van der Waals surface area (Å²) in [5.74, 6) is 0.538. The van der Waals surface area contributed by atoms with Gasteiger partial charge in [0.2, 0.25) is 0 Å². The van der Waals surface area contributed by atoms with Crippen molar-refractivity contribution in [2.75, 3.05) is 20.7 Å². The van der Waals surface area contributed by atoms with Crippen molar-refractivity contribution in [1.82, 2.24) is 24.9 Å². The maximum absolute atomic E-state index is 13.4. The minimum Gasteiger partial charge on any atom is -0.494 e.